The number of aromatic nitrogens is 2. The van der Waals surface area contributed by atoms with E-state index in [0.29, 0.717) is 39.5 Å². The molecule has 3 rings (SSSR count). The Kier molecular flexibility index (Phi) is 8.41. The van der Waals surface area contributed by atoms with Gasteiger partial charge in [-0.3, -0.25) is 4.79 Å². The van der Waals surface area contributed by atoms with Crippen molar-refractivity contribution in [3.8, 4) is 5.75 Å². The maximum absolute atomic E-state index is 13.1. The van der Waals surface area contributed by atoms with Crippen LogP contribution in [0, 0.1) is 0 Å². The summed E-state index contributed by atoms with van der Waals surface area (Å²) >= 11 is 9.68. The third-order valence-electron chi connectivity index (χ3n) is 4.56. The first-order valence-electron chi connectivity index (χ1n) is 10.3. The Morgan fingerprint density at radius 3 is 2.78 bits per heavy atom. The van der Waals surface area contributed by atoms with Gasteiger partial charge in [-0.05, 0) is 55.3 Å². The van der Waals surface area contributed by atoms with E-state index in [1.54, 1.807) is 37.4 Å². The molecule has 0 atom stereocenters. The number of benzene rings is 2. The largest absolute Gasteiger partial charge is 0.480 e. The minimum atomic E-state index is -0.469. The highest BCUT2D eigenvalue weighted by molar-refractivity contribution is 9.10. The molecule has 0 saturated heterocycles. The lowest BCUT2D eigenvalue weighted by molar-refractivity contribution is -0.145. The number of unbranched alkanes of at least 4 members (excludes halogenated alkanes) is 1. The summed E-state index contributed by atoms with van der Waals surface area (Å²) in [4.78, 5) is 29.2. The summed E-state index contributed by atoms with van der Waals surface area (Å²) in [6, 6.07) is 10.4. The van der Waals surface area contributed by atoms with Crippen LogP contribution < -0.4 is 10.3 Å². The number of carbonyl (C=O) groups excluding carboxylic acids is 1. The summed E-state index contributed by atoms with van der Waals surface area (Å²) in [7, 11) is 0. The number of rotatable bonds is 9. The minimum Gasteiger partial charge on any atom is -0.480 e. The molecule has 0 radical (unpaired) electrons. The lowest BCUT2D eigenvalue weighted by Crippen LogP contribution is -2.22. The van der Waals surface area contributed by atoms with E-state index in [4.69, 9.17) is 21.1 Å². The second-order valence-electron chi connectivity index (χ2n) is 6.94. The van der Waals surface area contributed by atoms with Crippen molar-refractivity contribution in [1.29, 1.82) is 0 Å². The summed E-state index contributed by atoms with van der Waals surface area (Å²) in [5.74, 6) is 0.488. The summed E-state index contributed by atoms with van der Waals surface area (Å²) in [5.41, 5.74) is 1.07. The standard InChI is InChI=1S/C23H23BrClN3O4/c1-3-5-6-21-27-19-9-8-16(24)12-17(19)23(30)28(21)26-13-15-7-10-20(18(25)11-15)32-14-22(29)31-4-2/h7-13H,3-6,14H2,1-2H3. The highest BCUT2D eigenvalue weighted by atomic mass is 79.9. The van der Waals surface area contributed by atoms with Crippen molar-refractivity contribution >= 4 is 50.6 Å². The Bertz CT molecular complexity index is 1210. The monoisotopic (exact) mass is 519 g/mol. The van der Waals surface area contributed by atoms with Crippen molar-refractivity contribution < 1.29 is 14.3 Å². The highest BCUT2D eigenvalue weighted by Gasteiger charge is 2.11. The maximum atomic E-state index is 13.1. The van der Waals surface area contributed by atoms with Gasteiger partial charge in [0.1, 0.15) is 11.6 Å². The number of esters is 1. The summed E-state index contributed by atoms with van der Waals surface area (Å²) in [5, 5.41) is 5.21. The molecule has 9 heteroatoms. The van der Waals surface area contributed by atoms with Gasteiger partial charge in [0.15, 0.2) is 6.61 Å². The first kappa shape index (κ1) is 23.9. The zero-order valence-electron chi connectivity index (χ0n) is 17.8. The molecule has 0 aliphatic carbocycles. The molecule has 2 aromatic carbocycles. The lowest BCUT2D eigenvalue weighted by atomic mass is 10.2. The van der Waals surface area contributed by atoms with Gasteiger partial charge in [-0.15, -0.1) is 0 Å². The Hall–Kier alpha value is -2.71. The molecule has 7 nitrogen and oxygen atoms in total. The average Bonchev–Trinajstić information content (AvgIpc) is 2.77. The Labute approximate surface area is 199 Å². The zero-order valence-corrected chi connectivity index (χ0v) is 20.1. The predicted octanol–water partition coefficient (Wildman–Crippen LogP) is 4.98. The third kappa shape index (κ3) is 5.95. The van der Waals surface area contributed by atoms with Gasteiger partial charge in [-0.1, -0.05) is 40.9 Å². The molecule has 0 bridgehead atoms. The van der Waals surface area contributed by atoms with Gasteiger partial charge in [0.05, 0.1) is 28.7 Å². The van der Waals surface area contributed by atoms with Crippen LogP contribution in [0.3, 0.4) is 0 Å². The fraction of sp³-hybridized carbons (Fsp3) is 0.304. The number of fused-ring (bicyclic) bond motifs is 1. The molecular formula is C23H23BrClN3O4. The molecule has 0 aliphatic rings. The molecule has 0 N–H and O–H groups in total. The van der Waals surface area contributed by atoms with Crippen LogP contribution in [0.4, 0.5) is 0 Å². The van der Waals surface area contributed by atoms with Gasteiger partial charge in [0.25, 0.3) is 5.56 Å². The van der Waals surface area contributed by atoms with Crippen LogP contribution in [0.2, 0.25) is 5.02 Å². The zero-order chi connectivity index (χ0) is 23.1. The van der Waals surface area contributed by atoms with Crippen molar-refractivity contribution in [2.75, 3.05) is 13.2 Å². The van der Waals surface area contributed by atoms with Crippen LogP contribution in [0.15, 0.2) is 50.8 Å². The molecule has 3 aromatic rings. The number of carbonyl (C=O) groups is 1. The number of hydrogen-bond acceptors (Lipinski definition) is 6. The second kappa shape index (κ2) is 11.2. The van der Waals surface area contributed by atoms with Crippen molar-refractivity contribution in [2.24, 2.45) is 5.10 Å². The summed E-state index contributed by atoms with van der Waals surface area (Å²) in [6.45, 7) is 3.86. The molecule has 0 fully saturated rings. The molecule has 1 aromatic heterocycles. The van der Waals surface area contributed by atoms with Gasteiger partial charge in [-0.2, -0.15) is 9.78 Å². The van der Waals surface area contributed by atoms with Crippen molar-refractivity contribution in [2.45, 2.75) is 33.1 Å². The van der Waals surface area contributed by atoms with E-state index in [-0.39, 0.29) is 18.8 Å². The van der Waals surface area contributed by atoms with Crippen molar-refractivity contribution in [1.82, 2.24) is 9.66 Å². The topological polar surface area (TPSA) is 82.8 Å². The van der Waals surface area contributed by atoms with Gasteiger partial charge in [0, 0.05) is 10.9 Å². The van der Waals surface area contributed by atoms with E-state index >= 15 is 0 Å². The van der Waals surface area contributed by atoms with E-state index in [9.17, 15) is 9.59 Å². The Morgan fingerprint density at radius 1 is 1.25 bits per heavy atom. The Morgan fingerprint density at radius 2 is 2.06 bits per heavy atom. The fourth-order valence-corrected chi connectivity index (χ4v) is 3.59. The first-order chi connectivity index (χ1) is 15.4. The van der Waals surface area contributed by atoms with Crippen LogP contribution >= 0.6 is 27.5 Å². The highest BCUT2D eigenvalue weighted by Crippen LogP contribution is 2.25. The number of ether oxygens (including phenoxy) is 2. The van der Waals surface area contributed by atoms with Crippen molar-refractivity contribution in [3.63, 3.8) is 0 Å². The smallest absolute Gasteiger partial charge is 0.344 e. The number of nitrogens with zero attached hydrogens (tertiary/aromatic N) is 3. The summed E-state index contributed by atoms with van der Waals surface area (Å²) in [6.07, 6.45) is 4.04. The SMILES string of the molecule is CCCCc1nc2ccc(Br)cc2c(=O)n1N=Cc1ccc(OCC(=O)OCC)c(Cl)c1. The lowest BCUT2D eigenvalue weighted by Gasteiger charge is -2.10. The molecule has 0 unspecified atom stereocenters. The molecule has 32 heavy (non-hydrogen) atoms. The van der Waals surface area contributed by atoms with Crippen LogP contribution in [0.1, 0.15) is 38.1 Å². The van der Waals surface area contributed by atoms with E-state index in [1.165, 1.54) is 4.68 Å². The maximum Gasteiger partial charge on any atom is 0.344 e. The number of hydrogen-bond donors (Lipinski definition) is 0. The van der Waals surface area contributed by atoms with E-state index in [2.05, 4.69) is 32.9 Å². The van der Waals surface area contributed by atoms with Gasteiger partial charge < -0.3 is 9.47 Å². The molecule has 0 spiro atoms. The summed E-state index contributed by atoms with van der Waals surface area (Å²) < 4.78 is 12.4. The normalized spacial score (nSPS) is 11.2. The van der Waals surface area contributed by atoms with Gasteiger partial charge in [-0.25, -0.2) is 9.78 Å². The Balaban J connectivity index is 1.90. The minimum absolute atomic E-state index is 0.227. The van der Waals surface area contributed by atoms with Crippen LogP contribution in [-0.2, 0) is 16.0 Å². The van der Waals surface area contributed by atoms with E-state index in [1.807, 2.05) is 12.1 Å². The van der Waals surface area contributed by atoms with Crippen molar-refractivity contribution in [3.05, 3.63) is 67.6 Å². The molecule has 0 aliphatic heterocycles. The average molecular weight is 521 g/mol. The second-order valence-corrected chi connectivity index (χ2v) is 8.26. The van der Waals surface area contributed by atoms with Crippen LogP contribution in [0.5, 0.6) is 5.75 Å². The van der Waals surface area contributed by atoms with E-state index < -0.39 is 5.97 Å². The molecule has 0 amide bonds. The molecule has 1 heterocycles. The predicted molar refractivity (Wildman–Crippen MR) is 129 cm³/mol. The quantitative estimate of drug-likeness (QED) is 0.294. The fourth-order valence-electron chi connectivity index (χ4n) is 2.99. The van der Waals surface area contributed by atoms with Gasteiger partial charge >= 0.3 is 5.97 Å². The number of halogens is 2. The van der Waals surface area contributed by atoms with E-state index in [0.717, 1.165) is 17.3 Å². The number of aryl methyl sites for hydroxylation is 1. The van der Waals surface area contributed by atoms with Crippen LogP contribution in [0.25, 0.3) is 10.9 Å². The first-order valence-corrected chi connectivity index (χ1v) is 11.4. The van der Waals surface area contributed by atoms with Gasteiger partial charge in [0.2, 0.25) is 0 Å². The molecular weight excluding hydrogens is 498 g/mol. The third-order valence-corrected chi connectivity index (χ3v) is 5.35. The molecule has 0 saturated carbocycles. The van der Waals surface area contributed by atoms with Crippen LogP contribution in [-0.4, -0.2) is 35.1 Å². The molecule has 168 valence electrons.